The van der Waals surface area contributed by atoms with E-state index in [1.54, 1.807) is 32.9 Å². The monoisotopic (exact) mass is 451 g/mol. The summed E-state index contributed by atoms with van der Waals surface area (Å²) in [5.74, 6) is -0.607. The number of nitrogens with one attached hydrogen (secondary N) is 1. The van der Waals surface area contributed by atoms with Crippen LogP contribution in [-0.4, -0.2) is 23.7 Å². The highest BCUT2D eigenvalue weighted by Gasteiger charge is 2.30. The first-order chi connectivity index (χ1) is 15.6. The van der Waals surface area contributed by atoms with E-state index in [1.165, 1.54) is 12.1 Å². The molecule has 7 nitrogen and oxygen atoms in total. The maximum atomic E-state index is 12.9. The summed E-state index contributed by atoms with van der Waals surface area (Å²) >= 11 is 0. The van der Waals surface area contributed by atoms with E-state index in [0.29, 0.717) is 17.4 Å². The van der Waals surface area contributed by atoms with Crippen LogP contribution in [0.2, 0.25) is 0 Å². The molecule has 0 aliphatic rings. The van der Waals surface area contributed by atoms with Crippen molar-refractivity contribution in [2.45, 2.75) is 52.7 Å². The molecule has 0 spiro atoms. The van der Waals surface area contributed by atoms with Gasteiger partial charge in [0.05, 0.1) is 0 Å². The normalized spacial score (nSPS) is 13.2. The van der Waals surface area contributed by atoms with Gasteiger partial charge < -0.3 is 19.2 Å². The van der Waals surface area contributed by atoms with Gasteiger partial charge in [-0.3, -0.25) is 0 Å². The van der Waals surface area contributed by atoms with E-state index >= 15 is 0 Å². The third-order valence-corrected chi connectivity index (χ3v) is 5.16. The van der Waals surface area contributed by atoms with E-state index in [9.17, 15) is 14.4 Å². The van der Waals surface area contributed by atoms with Gasteiger partial charge in [0.1, 0.15) is 23.0 Å². The van der Waals surface area contributed by atoms with E-state index in [4.69, 9.17) is 13.9 Å². The number of alkyl carbamates (subject to hydrolysis) is 1. The summed E-state index contributed by atoms with van der Waals surface area (Å²) in [6, 6.07) is 14.9. The maximum absolute atomic E-state index is 12.9. The lowest BCUT2D eigenvalue weighted by Gasteiger charge is -2.25. The smallest absolute Gasteiger partial charge is 0.408 e. The number of hydrogen-bond donors (Lipinski definition) is 1. The molecule has 0 aliphatic carbocycles. The highest BCUT2D eigenvalue weighted by molar-refractivity contribution is 5.94. The third-order valence-electron chi connectivity index (χ3n) is 5.16. The first-order valence-corrected chi connectivity index (χ1v) is 10.9. The average molecular weight is 452 g/mol. The molecule has 2 unspecified atom stereocenters. The predicted molar refractivity (Wildman–Crippen MR) is 126 cm³/mol. The minimum atomic E-state index is -0.900. The molecule has 2 atom stereocenters. The summed E-state index contributed by atoms with van der Waals surface area (Å²) in [6.07, 6.45) is -0.0513. The number of benzene rings is 2. The Balaban J connectivity index is 1.87. The van der Waals surface area contributed by atoms with Crippen LogP contribution in [0.3, 0.4) is 0 Å². The molecule has 0 saturated heterocycles. The molecule has 33 heavy (non-hydrogen) atoms. The number of rotatable bonds is 6. The van der Waals surface area contributed by atoms with Crippen LogP contribution in [0.25, 0.3) is 22.1 Å². The Morgan fingerprint density at radius 3 is 2.39 bits per heavy atom. The number of amides is 1. The van der Waals surface area contributed by atoms with Crippen molar-refractivity contribution in [3.8, 4) is 16.9 Å². The van der Waals surface area contributed by atoms with E-state index < -0.39 is 29.3 Å². The summed E-state index contributed by atoms with van der Waals surface area (Å²) < 4.78 is 16.2. The van der Waals surface area contributed by atoms with E-state index in [1.807, 2.05) is 44.2 Å². The minimum absolute atomic E-state index is 0.187. The van der Waals surface area contributed by atoms with Gasteiger partial charge in [-0.2, -0.15) is 0 Å². The largest absolute Gasteiger partial charge is 0.444 e. The van der Waals surface area contributed by atoms with Gasteiger partial charge in [-0.1, -0.05) is 50.6 Å². The summed E-state index contributed by atoms with van der Waals surface area (Å²) in [4.78, 5) is 37.3. The fourth-order valence-electron chi connectivity index (χ4n) is 3.35. The van der Waals surface area contributed by atoms with Gasteiger partial charge in [0.25, 0.3) is 0 Å². The molecular formula is C26H29NO6. The van der Waals surface area contributed by atoms with Crippen molar-refractivity contribution in [3.05, 3.63) is 65.0 Å². The fourth-order valence-corrected chi connectivity index (χ4v) is 3.35. The van der Waals surface area contributed by atoms with Crippen molar-refractivity contribution in [2.75, 3.05) is 0 Å². The maximum Gasteiger partial charge on any atom is 0.408 e. The Bertz CT molecular complexity index is 1190. The molecule has 3 rings (SSSR count). The van der Waals surface area contributed by atoms with E-state index in [0.717, 1.165) is 11.1 Å². The highest BCUT2D eigenvalue weighted by atomic mass is 16.6. The Labute approximate surface area is 192 Å². The zero-order valence-corrected chi connectivity index (χ0v) is 19.5. The molecular weight excluding hydrogens is 422 g/mol. The average Bonchev–Trinajstić information content (AvgIpc) is 2.75. The first-order valence-electron chi connectivity index (χ1n) is 10.9. The topological polar surface area (TPSA) is 94.8 Å². The van der Waals surface area contributed by atoms with Crippen molar-refractivity contribution in [2.24, 2.45) is 5.92 Å². The molecule has 174 valence electrons. The van der Waals surface area contributed by atoms with Gasteiger partial charge in [0, 0.05) is 17.5 Å². The van der Waals surface area contributed by atoms with Gasteiger partial charge >= 0.3 is 17.7 Å². The lowest BCUT2D eigenvalue weighted by Crippen LogP contribution is -2.48. The molecule has 0 fully saturated rings. The lowest BCUT2D eigenvalue weighted by atomic mass is 9.99. The van der Waals surface area contributed by atoms with E-state index in [2.05, 4.69) is 5.32 Å². The standard InChI is InChI=1S/C26H29NO6/c1-6-16(2)23(27-25(30)33-26(3,4)5)24(29)31-18-12-13-19-20(17-10-8-7-9-11-17)15-22(28)32-21(19)14-18/h7-16,23H,6H2,1-5H3,(H,27,30). The van der Waals surface area contributed by atoms with Gasteiger partial charge in [0.2, 0.25) is 0 Å². The molecule has 0 aliphatic heterocycles. The van der Waals surface area contributed by atoms with Crippen molar-refractivity contribution >= 4 is 23.0 Å². The molecule has 2 aromatic carbocycles. The van der Waals surface area contributed by atoms with Crippen LogP contribution in [0.4, 0.5) is 4.79 Å². The van der Waals surface area contributed by atoms with Crippen LogP contribution in [-0.2, 0) is 9.53 Å². The van der Waals surface area contributed by atoms with Crippen LogP contribution in [0.1, 0.15) is 41.0 Å². The van der Waals surface area contributed by atoms with Crippen LogP contribution in [0.15, 0.2) is 63.8 Å². The summed E-state index contributed by atoms with van der Waals surface area (Å²) in [5, 5.41) is 3.33. The molecule has 0 bridgehead atoms. The van der Waals surface area contributed by atoms with Crippen LogP contribution in [0, 0.1) is 5.92 Å². The van der Waals surface area contributed by atoms with Gasteiger partial charge in [-0.15, -0.1) is 0 Å². The molecule has 0 saturated carbocycles. The zero-order chi connectivity index (χ0) is 24.2. The van der Waals surface area contributed by atoms with Gasteiger partial charge in [-0.05, 0) is 49.9 Å². The van der Waals surface area contributed by atoms with Crippen molar-refractivity contribution < 1.29 is 23.5 Å². The predicted octanol–water partition coefficient (Wildman–Crippen LogP) is 5.30. The van der Waals surface area contributed by atoms with Crippen molar-refractivity contribution in [1.82, 2.24) is 5.32 Å². The number of fused-ring (bicyclic) bond motifs is 1. The summed E-state index contributed by atoms with van der Waals surface area (Å²) in [7, 11) is 0. The zero-order valence-electron chi connectivity index (χ0n) is 19.5. The number of hydrogen-bond acceptors (Lipinski definition) is 6. The number of carbonyl (C=O) groups excluding carboxylic acids is 2. The van der Waals surface area contributed by atoms with Crippen molar-refractivity contribution in [1.29, 1.82) is 0 Å². The minimum Gasteiger partial charge on any atom is -0.444 e. The van der Waals surface area contributed by atoms with Gasteiger partial charge in [0.15, 0.2) is 0 Å². The van der Waals surface area contributed by atoms with Crippen LogP contribution < -0.4 is 15.7 Å². The number of ether oxygens (including phenoxy) is 2. The second kappa shape index (κ2) is 9.90. The Kier molecular flexibility index (Phi) is 7.21. The number of carbonyl (C=O) groups is 2. The molecule has 3 aromatic rings. The Morgan fingerprint density at radius 2 is 1.76 bits per heavy atom. The fraction of sp³-hybridized carbons (Fsp3) is 0.346. The SMILES string of the molecule is CCC(C)C(NC(=O)OC(C)(C)C)C(=O)Oc1ccc2c(-c3ccccc3)cc(=O)oc2c1. The Morgan fingerprint density at radius 1 is 1.06 bits per heavy atom. The second-order valence-corrected chi connectivity index (χ2v) is 8.93. The molecule has 0 radical (unpaired) electrons. The molecule has 1 N–H and O–H groups in total. The molecule has 1 aromatic heterocycles. The lowest BCUT2D eigenvalue weighted by molar-refractivity contribution is -0.138. The first kappa shape index (κ1) is 24.0. The molecule has 1 heterocycles. The third kappa shape index (κ3) is 6.22. The summed E-state index contributed by atoms with van der Waals surface area (Å²) in [5.41, 5.74) is 0.698. The molecule has 1 amide bonds. The quantitative estimate of drug-likeness (QED) is 0.310. The Hall–Kier alpha value is -3.61. The summed E-state index contributed by atoms with van der Waals surface area (Å²) in [6.45, 7) is 8.99. The number of esters is 1. The van der Waals surface area contributed by atoms with E-state index in [-0.39, 0.29) is 11.7 Å². The van der Waals surface area contributed by atoms with Crippen LogP contribution in [0.5, 0.6) is 5.75 Å². The van der Waals surface area contributed by atoms with Gasteiger partial charge in [-0.25, -0.2) is 14.4 Å². The highest BCUT2D eigenvalue weighted by Crippen LogP contribution is 2.30. The second-order valence-electron chi connectivity index (χ2n) is 8.93. The molecule has 7 heteroatoms. The van der Waals surface area contributed by atoms with Crippen LogP contribution >= 0.6 is 0 Å². The van der Waals surface area contributed by atoms with Crippen molar-refractivity contribution in [3.63, 3.8) is 0 Å².